The standard InChI is InChI=1S/C24H33F3O3S/c25-19-7-1-15(2-8-19)18-13-22(16-3-9-20(26)10-4-16)24(31(28,29)30)23(14-18)17-5-11-21(27)12-6-17/h13-17,19-21H,1-12H2,(H,28,29,30). The molecule has 3 aliphatic carbocycles. The summed E-state index contributed by atoms with van der Waals surface area (Å²) < 4.78 is 76.7. The molecular formula is C24H33F3O3S. The number of hydrogen-bond donors (Lipinski definition) is 1. The van der Waals surface area contributed by atoms with E-state index in [1.54, 1.807) is 0 Å². The number of benzene rings is 1. The predicted molar refractivity (Wildman–Crippen MR) is 115 cm³/mol. The van der Waals surface area contributed by atoms with E-state index in [2.05, 4.69) is 0 Å². The van der Waals surface area contributed by atoms with Crippen LogP contribution in [0.15, 0.2) is 17.0 Å². The molecule has 0 amide bonds. The summed E-state index contributed by atoms with van der Waals surface area (Å²) in [6.45, 7) is 0. The van der Waals surface area contributed by atoms with Gasteiger partial charge >= 0.3 is 0 Å². The van der Waals surface area contributed by atoms with Crippen LogP contribution in [0.3, 0.4) is 0 Å². The van der Waals surface area contributed by atoms with Gasteiger partial charge in [-0.25, -0.2) is 13.2 Å². The molecule has 0 aliphatic heterocycles. The normalized spacial score (nSPS) is 35.1. The van der Waals surface area contributed by atoms with Crippen molar-refractivity contribution >= 4 is 10.1 Å². The third kappa shape index (κ3) is 5.29. The predicted octanol–water partition coefficient (Wildman–Crippen LogP) is 6.92. The first-order valence-corrected chi connectivity index (χ1v) is 13.2. The van der Waals surface area contributed by atoms with Crippen molar-refractivity contribution < 1.29 is 26.1 Å². The van der Waals surface area contributed by atoms with Crippen molar-refractivity contribution in [2.24, 2.45) is 0 Å². The number of rotatable bonds is 4. The van der Waals surface area contributed by atoms with Gasteiger partial charge in [-0.2, -0.15) is 8.42 Å². The molecule has 3 aliphatic rings. The zero-order chi connectivity index (χ0) is 22.2. The second-order valence-electron chi connectivity index (χ2n) is 9.85. The van der Waals surface area contributed by atoms with Crippen LogP contribution in [0.25, 0.3) is 0 Å². The van der Waals surface area contributed by atoms with Crippen LogP contribution < -0.4 is 0 Å². The van der Waals surface area contributed by atoms with Gasteiger partial charge in [0, 0.05) is 0 Å². The summed E-state index contributed by atoms with van der Waals surface area (Å²) in [6, 6.07) is 3.78. The van der Waals surface area contributed by atoms with E-state index in [1.165, 1.54) is 0 Å². The molecule has 0 atom stereocenters. The van der Waals surface area contributed by atoms with Crippen LogP contribution in [0.4, 0.5) is 13.2 Å². The maximum Gasteiger partial charge on any atom is 0.295 e. The lowest BCUT2D eigenvalue weighted by Gasteiger charge is -2.32. The summed E-state index contributed by atoms with van der Waals surface area (Å²) in [6.07, 6.45) is 3.59. The Morgan fingerprint density at radius 2 is 0.935 bits per heavy atom. The van der Waals surface area contributed by atoms with Crippen LogP contribution in [0, 0.1) is 0 Å². The minimum absolute atomic E-state index is 0.0277. The lowest BCUT2D eigenvalue weighted by molar-refractivity contribution is 0.229. The van der Waals surface area contributed by atoms with Gasteiger partial charge in [0.1, 0.15) is 23.4 Å². The molecule has 0 bridgehead atoms. The third-order valence-corrected chi connectivity index (χ3v) is 8.74. The van der Waals surface area contributed by atoms with E-state index in [1.807, 2.05) is 12.1 Å². The van der Waals surface area contributed by atoms with E-state index in [0.29, 0.717) is 88.2 Å². The first-order chi connectivity index (χ1) is 14.7. The minimum Gasteiger partial charge on any atom is -0.282 e. The second-order valence-corrected chi connectivity index (χ2v) is 11.2. The van der Waals surface area contributed by atoms with E-state index in [4.69, 9.17) is 0 Å². The Morgan fingerprint density at radius 3 is 1.26 bits per heavy atom. The molecule has 1 aromatic carbocycles. The van der Waals surface area contributed by atoms with Crippen molar-refractivity contribution in [3.8, 4) is 0 Å². The average Bonchev–Trinajstić information content (AvgIpc) is 2.74. The van der Waals surface area contributed by atoms with Crippen LogP contribution >= 0.6 is 0 Å². The van der Waals surface area contributed by atoms with E-state index in [0.717, 1.165) is 5.56 Å². The van der Waals surface area contributed by atoms with Crippen molar-refractivity contribution in [3.63, 3.8) is 0 Å². The van der Waals surface area contributed by atoms with Crippen LogP contribution in [-0.2, 0) is 10.1 Å². The molecule has 0 spiro atoms. The van der Waals surface area contributed by atoms with Crippen LogP contribution in [-0.4, -0.2) is 31.5 Å². The SMILES string of the molecule is O=S(=O)(O)c1c(C2CCC(F)CC2)cc(C2CCC(F)CC2)cc1C1CCC(F)CC1. The van der Waals surface area contributed by atoms with Crippen LogP contribution in [0.1, 0.15) is 111 Å². The quantitative estimate of drug-likeness (QED) is 0.498. The monoisotopic (exact) mass is 458 g/mol. The van der Waals surface area contributed by atoms with Crippen molar-refractivity contribution in [2.45, 2.75) is 118 Å². The minimum atomic E-state index is -4.49. The van der Waals surface area contributed by atoms with Gasteiger partial charge in [-0.1, -0.05) is 12.1 Å². The van der Waals surface area contributed by atoms with Gasteiger partial charge in [-0.15, -0.1) is 0 Å². The first kappa shape index (κ1) is 23.1. The molecule has 0 saturated heterocycles. The Morgan fingerprint density at radius 1 is 0.613 bits per heavy atom. The van der Waals surface area contributed by atoms with Gasteiger partial charge < -0.3 is 0 Å². The Balaban J connectivity index is 1.80. The molecule has 0 heterocycles. The van der Waals surface area contributed by atoms with Crippen molar-refractivity contribution in [1.82, 2.24) is 0 Å². The molecular weight excluding hydrogens is 425 g/mol. The Hall–Kier alpha value is -1.08. The van der Waals surface area contributed by atoms with Crippen molar-refractivity contribution in [3.05, 3.63) is 28.8 Å². The van der Waals surface area contributed by atoms with Crippen molar-refractivity contribution in [2.75, 3.05) is 0 Å². The third-order valence-electron chi connectivity index (χ3n) is 7.75. The summed E-state index contributed by atoms with van der Waals surface area (Å²) in [5, 5.41) is 0. The molecule has 3 saturated carbocycles. The molecule has 0 radical (unpaired) electrons. The fourth-order valence-corrected chi connectivity index (χ4v) is 7.00. The zero-order valence-corrected chi connectivity index (χ0v) is 18.7. The molecule has 3 fully saturated rings. The molecule has 31 heavy (non-hydrogen) atoms. The van der Waals surface area contributed by atoms with Gasteiger partial charge in [0.05, 0.1) is 0 Å². The molecule has 4 rings (SSSR count). The summed E-state index contributed by atoms with van der Waals surface area (Å²) in [5.41, 5.74) is 2.17. The summed E-state index contributed by atoms with van der Waals surface area (Å²) in [7, 11) is -4.49. The molecule has 0 unspecified atom stereocenters. The highest BCUT2D eigenvalue weighted by Gasteiger charge is 2.34. The van der Waals surface area contributed by atoms with E-state index >= 15 is 0 Å². The summed E-state index contributed by atoms with van der Waals surface area (Å²) in [4.78, 5) is -0.0277. The maximum absolute atomic E-state index is 13.8. The Bertz CT molecular complexity index is 821. The van der Waals surface area contributed by atoms with Gasteiger partial charge in [0.15, 0.2) is 0 Å². The maximum atomic E-state index is 13.8. The van der Waals surface area contributed by atoms with Crippen LogP contribution in [0.5, 0.6) is 0 Å². The highest BCUT2D eigenvalue weighted by atomic mass is 32.2. The number of hydrogen-bond acceptors (Lipinski definition) is 2. The summed E-state index contributed by atoms with van der Waals surface area (Å²) >= 11 is 0. The molecule has 174 valence electrons. The van der Waals surface area contributed by atoms with Gasteiger partial charge in [0.25, 0.3) is 10.1 Å². The highest BCUT2D eigenvalue weighted by molar-refractivity contribution is 7.86. The largest absolute Gasteiger partial charge is 0.295 e. The topological polar surface area (TPSA) is 54.4 Å². The van der Waals surface area contributed by atoms with E-state index in [-0.39, 0.29) is 22.6 Å². The average molecular weight is 459 g/mol. The Labute approximate surface area is 183 Å². The van der Waals surface area contributed by atoms with E-state index < -0.39 is 28.6 Å². The Kier molecular flexibility index (Phi) is 7.02. The van der Waals surface area contributed by atoms with Gasteiger partial charge in [-0.05, 0) is 111 Å². The van der Waals surface area contributed by atoms with E-state index in [9.17, 15) is 26.1 Å². The van der Waals surface area contributed by atoms with Gasteiger partial charge in [0.2, 0.25) is 0 Å². The second kappa shape index (κ2) is 9.42. The summed E-state index contributed by atoms with van der Waals surface area (Å²) in [5.74, 6) is -0.106. The number of alkyl halides is 3. The molecule has 3 nitrogen and oxygen atoms in total. The zero-order valence-electron chi connectivity index (χ0n) is 17.9. The molecule has 7 heteroatoms. The molecule has 1 aromatic rings. The first-order valence-electron chi connectivity index (χ1n) is 11.8. The van der Waals surface area contributed by atoms with Gasteiger partial charge in [-0.3, -0.25) is 4.55 Å². The van der Waals surface area contributed by atoms with Crippen molar-refractivity contribution in [1.29, 1.82) is 0 Å². The van der Waals surface area contributed by atoms with Crippen LogP contribution in [0.2, 0.25) is 0 Å². The lowest BCUT2D eigenvalue weighted by atomic mass is 9.75. The highest BCUT2D eigenvalue weighted by Crippen LogP contribution is 2.46. The fourth-order valence-electron chi connectivity index (χ4n) is 5.95. The molecule has 1 N–H and O–H groups in total. The number of halogens is 3. The molecule has 0 aromatic heterocycles. The smallest absolute Gasteiger partial charge is 0.282 e. The lowest BCUT2D eigenvalue weighted by Crippen LogP contribution is -2.22. The fraction of sp³-hybridized carbons (Fsp3) is 0.750.